The first-order valence-electron chi connectivity index (χ1n) is 5.27. The van der Waals surface area contributed by atoms with E-state index in [4.69, 9.17) is 5.73 Å². The summed E-state index contributed by atoms with van der Waals surface area (Å²) in [6.07, 6.45) is 0. The van der Waals surface area contributed by atoms with Gasteiger partial charge in [-0.2, -0.15) is 0 Å². The number of hydrogen-bond donors (Lipinski definition) is 2. The molecule has 0 aromatic heterocycles. The van der Waals surface area contributed by atoms with Crippen LogP contribution in [0.2, 0.25) is 0 Å². The maximum atomic E-state index is 13.1. The summed E-state index contributed by atoms with van der Waals surface area (Å²) in [5, 5.41) is 0. The van der Waals surface area contributed by atoms with Gasteiger partial charge in [-0.05, 0) is 44.0 Å². The molecule has 0 aliphatic carbocycles. The number of aryl methyl sites for hydroxylation is 2. The zero-order valence-corrected chi connectivity index (χ0v) is 10.9. The molecule has 0 bridgehead atoms. The van der Waals surface area contributed by atoms with Crippen LogP contribution in [0.5, 0.6) is 0 Å². The van der Waals surface area contributed by atoms with Gasteiger partial charge in [0.25, 0.3) is 0 Å². The molecule has 0 radical (unpaired) electrons. The third-order valence-electron chi connectivity index (χ3n) is 2.40. The van der Waals surface area contributed by atoms with E-state index in [1.807, 2.05) is 0 Å². The average Bonchev–Trinajstić information content (AvgIpc) is 2.14. The topological polar surface area (TPSA) is 72.2 Å². The molecule has 0 unspecified atom stereocenters. The third kappa shape index (κ3) is 3.24. The molecule has 1 aromatic rings. The Kier molecular flexibility index (Phi) is 4.24. The summed E-state index contributed by atoms with van der Waals surface area (Å²) in [5.74, 6) is -0.439. The highest BCUT2D eigenvalue weighted by molar-refractivity contribution is 7.89. The van der Waals surface area contributed by atoms with E-state index < -0.39 is 15.8 Å². The predicted molar refractivity (Wildman–Crippen MR) is 64.7 cm³/mol. The molecule has 4 nitrogen and oxygen atoms in total. The molecular formula is C11H17FN2O2S. The number of nitrogens with two attached hydrogens (primary N) is 1. The minimum atomic E-state index is -3.65. The first-order valence-corrected chi connectivity index (χ1v) is 6.75. The summed E-state index contributed by atoms with van der Waals surface area (Å²) >= 11 is 0. The Hall–Kier alpha value is -0.980. The predicted octanol–water partition coefficient (Wildman–Crippen LogP) is 1.07. The molecule has 6 heteroatoms. The molecule has 0 saturated carbocycles. The monoisotopic (exact) mass is 260 g/mol. The lowest BCUT2D eigenvalue weighted by molar-refractivity contribution is 0.560. The van der Waals surface area contributed by atoms with E-state index in [9.17, 15) is 12.8 Å². The molecule has 0 aliphatic heterocycles. The van der Waals surface area contributed by atoms with Crippen molar-refractivity contribution in [2.45, 2.75) is 31.7 Å². The van der Waals surface area contributed by atoms with Crippen LogP contribution in [-0.2, 0) is 10.0 Å². The van der Waals surface area contributed by atoms with Crippen LogP contribution in [0.25, 0.3) is 0 Å². The second-order valence-corrected chi connectivity index (χ2v) is 5.78. The van der Waals surface area contributed by atoms with Crippen LogP contribution in [0.1, 0.15) is 18.1 Å². The van der Waals surface area contributed by atoms with Gasteiger partial charge in [0.1, 0.15) is 5.82 Å². The number of rotatable bonds is 4. The zero-order chi connectivity index (χ0) is 13.2. The van der Waals surface area contributed by atoms with Crippen LogP contribution < -0.4 is 10.5 Å². The van der Waals surface area contributed by atoms with Crippen LogP contribution in [-0.4, -0.2) is 21.0 Å². The molecule has 17 heavy (non-hydrogen) atoms. The highest BCUT2D eigenvalue weighted by atomic mass is 32.2. The van der Waals surface area contributed by atoms with Crippen molar-refractivity contribution >= 4 is 10.0 Å². The summed E-state index contributed by atoms with van der Waals surface area (Å²) in [7, 11) is -3.65. The Labute approximate surface area is 101 Å². The third-order valence-corrected chi connectivity index (χ3v) is 4.30. The van der Waals surface area contributed by atoms with Crippen molar-refractivity contribution in [3.63, 3.8) is 0 Å². The second kappa shape index (κ2) is 5.12. The van der Waals surface area contributed by atoms with Gasteiger partial charge in [0.15, 0.2) is 0 Å². The van der Waals surface area contributed by atoms with Gasteiger partial charge >= 0.3 is 0 Å². The largest absolute Gasteiger partial charge is 0.329 e. The molecule has 0 amide bonds. The zero-order valence-electron chi connectivity index (χ0n) is 10.1. The normalized spacial score (nSPS) is 13.7. The Morgan fingerprint density at radius 2 is 1.82 bits per heavy atom. The van der Waals surface area contributed by atoms with Crippen molar-refractivity contribution in [3.8, 4) is 0 Å². The van der Waals surface area contributed by atoms with E-state index >= 15 is 0 Å². The first kappa shape index (κ1) is 14.1. The van der Waals surface area contributed by atoms with Gasteiger partial charge in [-0.25, -0.2) is 17.5 Å². The maximum Gasteiger partial charge on any atom is 0.241 e. The second-order valence-electron chi connectivity index (χ2n) is 4.13. The highest BCUT2D eigenvalue weighted by Crippen LogP contribution is 2.21. The smallest absolute Gasteiger partial charge is 0.241 e. The van der Waals surface area contributed by atoms with Crippen LogP contribution in [0, 0.1) is 19.7 Å². The maximum absolute atomic E-state index is 13.1. The molecule has 0 heterocycles. The van der Waals surface area contributed by atoms with Gasteiger partial charge in [-0.1, -0.05) is 0 Å². The molecule has 3 N–H and O–H groups in total. The standard InChI is InChI=1S/C11H17FN2O2S/c1-7-4-10(12)5-8(2)11(7)17(15,16)14-9(3)6-13/h4-5,9,14H,6,13H2,1-3H3/t9-/m0/s1. The summed E-state index contributed by atoms with van der Waals surface area (Å²) in [6, 6.07) is 2.05. The van der Waals surface area contributed by atoms with Crippen LogP contribution >= 0.6 is 0 Å². The van der Waals surface area contributed by atoms with Gasteiger partial charge in [0.05, 0.1) is 4.90 Å². The van der Waals surface area contributed by atoms with Crippen molar-refractivity contribution < 1.29 is 12.8 Å². The van der Waals surface area contributed by atoms with Crippen LogP contribution in [0.3, 0.4) is 0 Å². The number of nitrogens with one attached hydrogen (secondary N) is 1. The summed E-state index contributed by atoms with van der Waals surface area (Å²) in [6.45, 7) is 5.01. The Balaban J connectivity index is 3.25. The molecule has 0 aliphatic rings. The molecule has 96 valence electrons. The number of halogens is 1. The average molecular weight is 260 g/mol. The fraction of sp³-hybridized carbons (Fsp3) is 0.455. The molecule has 1 rings (SSSR count). The van der Waals surface area contributed by atoms with Gasteiger partial charge in [-0.15, -0.1) is 0 Å². The summed E-state index contributed by atoms with van der Waals surface area (Å²) in [4.78, 5) is 0.124. The van der Waals surface area contributed by atoms with E-state index in [2.05, 4.69) is 4.72 Å². The van der Waals surface area contributed by atoms with Crippen LogP contribution in [0.15, 0.2) is 17.0 Å². The Morgan fingerprint density at radius 3 is 2.24 bits per heavy atom. The molecule has 1 atom stereocenters. The van der Waals surface area contributed by atoms with E-state index in [0.29, 0.717) is 11.1 Å². The van der Waals surface area contributed by atoms with Gasteiger partial charge in [-0.3, -0.25) is 0 Å². The number of benzene rings is 1. The Morgan fingerprint density at radius 1 is 1.35 bits per heavy atom. The van der Waals surface area contributed by atoms with Crippen molar-refractivity contribution in [1.82, 2.24) is 4.72 Å². The van der Waals surface area contributed by atoms with E-state index in [-0.39, 0.29) is 17.5 Å². The summed E-state index contributed by atoms with van der Waals surface area (Å²) < 4.78 is 39.7. The molecule has 1 aromatic carbocycles. The SMILES string of the molecule is Cc1cc(F)cc(C)c1S(=O)(=O)N[C@@H](C)CN. The molecular weight excluding hydrogens is 243 g/mol. The fourth-order valence-electron chi connectivity index (χ4n) is 1.69. The van der Waals surface area contributed by atoms with Gasteiger partial charge in [0.2, 0.25) is 10.0 Å². The van der Waals surface area contributed by atoms with Gasteiger partial charge in [0, 0.05) is 12.6 Å². The number of hydrogen-bond acceptors (Lipinski definition) is 3. The number of sulfonamides is 1. The van der Waals surface area contributed by atoms with E-state index in [1.165, 1.54) is 12.1 Å². The summed E-state index contributed by atoms with van der Waals surface area (Å²) in [5.41, 5.74) is 6.15. The minimum Gasteiger partial charge on any atom is -0.329 e. The van der Waals surface area contributed by atoms with Gasteiger partial charge < -0.3 is 5.73 Å². The lowest BCUT2D eigenvalue weighted by Gasteiger charge is -2.15. The van der Waals surface area contributed by atoms with Crippen molar-refractivity contribution in [2.75, 3.05) is 6.54 Å². The molecule has 0 fully saturated rings. The van der Waals surface area contributed by atoms with E-state index in [0.717, 1.165) is 0 Å². The first-order chi connectivity index (χ1) is 7.77. The minimum absolute atomic E-state index is 0.124. The molecule has 0 spiro atoms. The lowest BCUT2D eigenvalue weighted by Crippen LogP contribution is -2.38. The lowest BCUT2D eigenvalue weighted by atomic mass is 10.1. The van der Waals surface area contributed by atoms with Crippen molar-refractivity contribution in [3.05, 3.63) is 29.1 Å². The fourth-order valence-corrected chi connectivity index (χ4v) is 3.40. The quantitative estimate of drug-likeness (QED) is 0.850. The molecule has 0 saturated heterocycles. The van der Waals surface area contributed by atoms with Crippen molar-refractivity contribution in [2.24, 2.45) is 5.73 Å². The van der Waals surface area contributed by atoms with E-state index in [1.54, 1.807) is 20.8 Å². The van der Waals surface area contributed by atoms with Crippen LogP contribution in [0.4, 0.5) is 4.39 Å². The van der Waals surface area contributed by atoms with Crippen molar-refractivity contribution in [1.29, 1.82) is 0 Å². The Bertz CT molecular complexity index is 491. The highest BCUT2D eigenvalue weighted by Gasteiger charge is 2.21.